The van der Waals surface area contributed by atoms with Crippen LogP contribution in [-0.2, 0) is 4.74 Å². The summed E-state index contributed by atoms with van der Waals surface area (Å²) in [4.78, 5) is 2.38. The van der Waals surface area contributed by atoms with Crippen LogP contribution in [0.2, 0.25) is 0 Å². The van der Waals surface area contributed by atoms with Crippen molar-refractivity contribution in [3.8, 4) is 0 Å². The molecule has 0 aromatic heterocycles. The highest BCUT2D eigenvalue weighted by Crippen LogP contribution is 2.26. The largest absolute Gasteiger partial charge is 0.356 e. The highest BCUT2D eigenvalue weighted by Gasteiger charge is 2.37. The van der Waals surface area contributed by atoms with Crippen LogP contribution in [0.25, 0.3) is 0 Å². The summed E-state index contributed by atoms with van der Waals surface area (Å²) in [6.45, 7) is 7.68. The van der Waals surface area contributed by atoms with Gasteiger partial charge in [0.25, 0.3) is 0 Å². The molecule has 2 saturated heterocycles. The van der Waals surface area contributed by atoms with E-state index in [4.69, 9.17) is 4.74 Å². The maximum atomic E-state index is 5.94. The Bertz CT molecular complexity index is 193. The van der Waals surface area contributed by atoms with Gasteiger partial charge in [-0.25, -0.2) is 0 Å². The lowest BCUT2D eigenvalue weighted by molar-refractivity contribution is -0.0394. The van der Waals surface area contributed by atoms with Crippen molar-refractivity contribution in [2.45, 2.75) is 32.1 Å². The Morgan fingerprint density at radius 3 is 2.69 bits per heavy atom. The summed E-state index contributed by atoms with van der Waals surface area (Å²) >= 11 is 0. The molecule has 13 heavy (non-hydrogen) atoms. The molecule has 2 unspecified atom stereocenters. The Labute approximate surface area is 80.4 Å². The number of hydrogen-bond donors (Lipinski definition) is 1. The van der Waals surface area contributed by atoms with E-state index in [9.17, 15) is 0 Å². The Hall–Kier alpha value is -0.120. The first-order valence-corrected chi connectivity index (χ1v) is 5.17. The van der Waals surface area contributed by atoms with Gasteiger partial charge in [0.1, 0.15) is 6.23 Å². The zero-order chi connectivity index (χ0) is 9.47. The highest BCUT2D eigenvalue weighted by atomic mass is 16.5. The van der Waals surface area contributed by atoms with E-state index in [-0.39, 0.29) is 5.60 Å². The molecular formula is C10H20N2O. The van der Waals surface area contributed by atoms with Crippen LogP contribution >= 0.6 is 0 Å². The maximum Gasteiger partial charge on any atom is 0.113 e. The Morgan fingerprint density at radius 2 is 2.23 bits per heavy atom. The number of rotatable bonds is 1. The zero-order valence-corrected chi connectivity index (χ0v) is 8.84. The van der Waals surface area contributed by atoms with Gasteiger partial charge >= 0.3 is 0 Å². The molecule has 0 radical (unpaired) electrons. The number of hydrogen-bond acceptors (Lipinski definition) is 3. The fourth-order valence-corrected chi connectivity index (χ4v) is 2.25. The molecule has 2 atom stereocenters. The predicted octanol–water partition coefficient (Wildman–Crippen LogP) is 0.663. The molecule has 3 nitrogen and oxygen atoms in total. The topological polar surface area (TPSA) is 24.5 Å². The molecule has 3 heteroatoms. The van der Waals surface area contributed by atoms with Gasteiger partial charge in [-0.3, -0.25) is 5.32 Å². The smallest absolute Gasteiger partial charge is 0.113 e. The van der Waals surface area contributed by atoms with Crippen molar-refractivity contribution in [3.63, 3.8) is 0 Å². The molecule has 2 aliphatic rings. The molecule has 2 fully saturated rings. The van der Waals surface area contributed by atoms with Crippen LogP contribution in [0.15, 0.2) is 0 Å². The van der Waals surface area contributed by atoms with Gasteiger partial charge in [-0.15, -0.1) is 0 Å². The molecule has 0 amide bonds. The molecule has 0 spiro atoms. The minimum Gasteiger partial charge on any atom is -0.356 e. The van der Waals surface area contributed by atoms with Gasteiger partial charge in [0.15, 0.2) is 0 Å². The summed E-state index contributed by atoms with van der Waals surface area (Å²) in [6, 6.07) is 0. The van der Waals surface area contributed by atoms with E-state index >= 15 is 0 Å². The molecule has 0 bridgehead atoms. The molecule has 2 heterocycles. The zero-order valence-electron chi connectivity index (χ0n) is 8.84. The number of nitrogens with zero attached hydrogens (tertiary/aromatic N) is 1. The molecule has 1 N–H and O–H groups in total. The van der Waals surface area contributed by atoms with Gasteiger partial charge in [0.05, 0.1) is 5.60 Å². The SMILES string of the molecule is CN1CCC(C2NCC(C)(C)O2)C1. The average Bonchev–Trinajstić information content (AvgIpc) is 2.56. The van der Waals surface area contributed by atoms with Gasteiger partial charge in [0.2, 0.25) is 0 Å². The molecule has 0 aliphatic carbocycles. The van der Waals surface area contributed by atoms with Crippen molar-refractivity contribution in [2.75, 3.05) is 26.7 Å². The summed E-state index contributed by atoms with van der Waals surface area (Å²) < 4.78 is 5.94. The van der Waals surface area contributed by atoms with Crippen molar-refractivity contribution in [1.82, 2.24) is 10.2 Å². The number of nitrogens with one attached hydrogen (secondary N) is 1. The first-order valence-electron chi connectivity index (χ1n) is 5.17. The first kappa shape index (κ1) is 9.44. The van der Waals surface area contributed by atoms with Crippen LogP contribution in [0.4, 0.5) is 0 Å². The van der Waals surface area contributed by atoms with E-state index in [1.807, 2.05) is 0 Å². The fourth-order valence-electron chi connectivity index (χ4n) is 2.25. The summed E-state index contributed by atoms with van der Waals surface area (Å²) in [5.74, 6) is 0.687. The van der Waals surface area contributed by atoms with Crippen molar-refractivity contribution >= 4 is 0 Å². The molecule has 0 aromatic carbocycles. The van der Waals surface area contributed by atoms with Gasteiger partial charge in [0, 0.05) is 19.0 Å². The molecule has 2 aliphatic heterocycles. The molecule has 76 valence electrons. The number of likely N-dealkylation sites (tertiary alicyclic amines) is 1. The normalized spacial score (nSPS) is 39.9. The van der Waals surface area contributed by atoms with Crippen molar-refractivity contribution < 1.29 is 4.74 Å². The quantitative estimate of drug-likeness (QED) is 0.648. The minimum atomic E-state index is 0.0336. The fraction of sp³-hybridized carbons (Fsp3) is 1.00. The first-order chi connectivity index (χ1) is 6.07. The highest BCUT2D eigenvalue weighted by molar-refractivity contribution is 4.88. The third kappa shape index (κ3) is 2.03. The Balaban J connectivity index is 1.89. The second-order valence-corrected chi connectivity index (χ2v) is 4.99. The van der Waals surface area contributed by atoms with Gasteiger partial charge in [-0.2, -0.15) is 0 Å². The molecule has 2 rings (SSSR count). The maximum absolute atomic E-state index is 5.94. The van der Waals surface area contributed by atoms with E-state index in [1.165, 1.54) is 19.5 Å². The Kier molecular flexibility index (Phi) is 2.34. The predicted molar refractivity (Wildman–Crippen MR) is 52.6 cm³/mol. The van der Waals surface area contributed by atoms with Crippen LogP contribution in [0, 0.1) is 5.92 Å². The van der Waals surface area contributed by atoms with E-state index in [0.717, 1.165) is 6.54 Å². The summed E-state index contributed by atoms with van der Waals surface area (Å²) in [7, 11) is 2.18. The monoisotopic (exact) mass is 184 g/mol. The minimum absolute atomic E-state index is 0.0336. The van der Waals surface area contributed by atoms with E-state index in [0.29, 0.717) is 12.1 Å². The Morgan fingerprint density at radius 1 is 1.46 bits per heavy atom. The lowest BCUT2D eigenvalue weighted by Gasteiger charge is -2.21. The number of ether oxygens (including phenoxy) is 1. The van der Waals surface area contributed by atoms with Gasteiger partial charge < -0.3 is 9.64 Å². The third-order valence-corrected chi connectivity index (χ3v) is 3.03. The lowest BCUT2D eigenvalue weighted by atomic mass is 10.1. The standard InChI is InChI=1S/C10H20N2O/c1-10(2)7-11-9(13-10)8-4-5-12(3)6-8/h8-9,11H,4-7H2,1-3H3. The second-order valence-electron chi connectivity index (χ2n) is 4.99. The molecule has 0 saturated carbocycles. The third-order valence-electron chi connectivity index (χ3n) is 3.03. The van der Waals surface area contributed by atoms with Crippen LogP contribution in [-0.4, -0.2) is 43.4 Å². The molecular weight excluding hydrogens is 164 g/mol. The van der Waals surface area contributed by atoms with E-state index < -0.39 is 0 Å². The van der Waals surface area contributed by atoms with E-state index in [2.05, 4.69) is 31.1 Å². The van der Waals surface area contributed by atoms with Gasteiger partial charge in [-0.1, -0.05) is 0 Å². The van der Waals surface area contributed by atoms with Gasteiger partial charge in [-0.05, 0) is 33.9 Å². The van der Waals surface area contributed by atoms with Crippen molar-refractivity contribution in [2.24, 2.45) is 5.92 Å². The lowest BCUT2D eigenvalue weighted by Crippen LogP contribution is -2.33. The second kappa shape index (κ2) is 3.23. The van der Waals surface area contributed by atoms with Crippen LogP contribution in [0.3, 0.4) is 0 Å². The summed E-state index contributed by atoms with van der Waals surface area (Å²) in [6.07, 6.45) is 1.56. The molecule has 0 aromatic rings. The summed E-state index contributed by atoms with van der Waals surface area (Å²) in [5, 5.41) is 3.46. The van der Waals surface area contributed by atoms with Crippen molar-refractivity contribution in [1.29, 1.82) is 0 Å². The summed E-state index contributed by atoms with van der Waals surface area (Å²) in [5.41, 5.74) is 0.0336. The van der Waals surface area contributed by atoms with Crippen LogP contribution in [0.1, 0.15) is 20.3 Å². The van der Waals surface area contributed by atoms with Crippen molar-refractivity contribution in [3.05, 3.63) is 0 Å². The van der Waals surface area contributed by atoms with Crippen LogP contribution < -0.4 is 5.32 Å². The van der Waals surface area contributed by atoms with Crippen LogP contribution in [0.5, 0.6) is 0 Å². The average molecular weight is 184 g/mol. The van der Waals surface area contributed by atoms with E-state index in [1.54, 1.807) is 0 Å².